The van der Waals surface area contributed by atoms with Crippen molar-refractivity contribution in [3.8, 4) is 16.9 Å². The number of carbonyl (C=O) groups is 2. The van der Waals surface area contributed by atoms with Gasteiger partial charge in [-0.2, -0.15) is 26.3 Å². The van der Waals surface area contributed by atoms with E-state index in [-0.39, 0.29) is 30.3 Å². The zero-order valence-corrected chi connectivity index (χ0v) is 18.9. The number of benzene rings is 2. The van der Waals surface area contributed by atoms with Gasteiger partial charge in [-0.05, 0) is 23.8 Å². The van der Waals surface area contributed by atoms with Crippen molar-refractivity contribution in [1.82, 2.24) is 15.1 Å². The molecule has 13 heteroatoms. The Morgan fingerprint density at radius 3 is 2.38 bits per heavy atom. The Labute approximate surface area is 206 Å². The number of rotatable bonds is 7. The normalized spacial score (nSPS) is 16.2. The van der Waals surface area contributed by atoms with Gasteiger partial charge in [0.05, 0.1) is 23.9 Å². The van der Waals surface area contributed by atoms with Gasteiger partial charge in [0, 0.05) is 24.6 Å². The van der Waals surface area contributed by atoms with Crippen molar-refractivity contribution >= 4 is 17.6 Å². The first-order chi connectivity index (χ1) is 17.4. The van der Waals surface area contributed by atoms with Crippen LogP contribution in [0.5, 0.6) is 0 Å². The molecule has 0 spiro atoms. The number of halogens is 6. The van der Waals surface area contributed by atoms with E-state index < -0.39 is 36.9 Å². The molecule has 196 valence electrons. The van der Waals surface area contributed by atoms with Crippen molar-refractivity contribution in [3.05, 3.63) is 66.2 Å². The molecule has 0 saturated carbocycles. The van der Waals surface area contributed by atoms with E-state index in [1.54, 1.807) is 36.4 Å². The zero-order chi connectivity index (χ0) is 26.8. The van der Waals surface area contributed by atoms with Crippen LogP contribution in [0.2, 0.25) is 0 Å². The highest BCUT2D eigenvalue weighted by molar-refractivity contribution is 5.97. The quantitative estimate of drug-likeness (QED) is 0.440. The fourth-order valence-corrected chi connectivity index (χ4v) is 3.81. The average molecular weight is 526 g/mol. The molecule has 2 N–H and O–H groups in total. The van der Waals surface area contributed by atoms with E-state index in [0.717, 1.165) is 0 Å². The number of para-hydroxylation sites is 1. The van der Waals surface area contributed by atoms with Crippen LogP contribution in [0.3, 0.4) is 0 Å². The molecule has 2 amide bonds. The summed E-state index contributed by atoms with van der Waals surface area (Å²) in [7, 11) is 0. The Kier molecular flexibility index (Phi) is 7.25. The predicted molar refractivity (Wildman–Crippen MR) is 119 cm³/mol. The highest BCUT2D eigenvalue weighted by atomic mass is 19.4. The number of nitrogens with zero attached hydrogens (tertiary/aromatic N) is 2. The maximum absolute atomic E-state index is 12.8. The number of anilines is 1. The molecule has 1 atom stereocenters. The maximum atomic E-state index is 12.8. The van der Waals surface area contributed by atoms with E-state index >= 15 is 0 Å². The molecule has 0 radical (unpaired) electrons. The van der Waals surface area contributed by atoms with Crippen LogP contribution in [0.4, 0.5) is 32.2 Å². The summed E-state index contributed by atoms with van der Waals surface area (Å²) in [6.07, 6.45) is -15.1. The van der Waals surface area contributed by atoms with Gasteiger partial charge >= 0.3 is 12.4 Å². The Balaban J connectivity index is 1.62. The Bertz CT molecular complexity index is 1260. The van der Waals surface area contributed by atoms with Crippen molar-refractivity contribution in [3.63, 3.8) is 0 Å². The van der Waals surface area contributed by atoms with Crippen LogP contribution in [0.15, 0.2) is 60.7 Å². The Hall–Kier alpha value is -3.87. The van der Waals surface area contributed by atoms with Crippen LogP contribution in [-0.4, -0.2) is 46.6 Å². The van der Waals surface area contributed by atoms with Crippen LogP contribution in [-0.2, 0) is 20.9 Å². The van der Waals surface area contributed by atoms with Gasteiger partial charge in [-0.3, -0.25) is 9.59 Å². The van der Waals surface area contributed by atoms with Gasteiger partial charge in [0.25, 0.3) is 0 Å². The molecule has 1 aliphatic heterocycles. The number of hydrogen-bond donors (Lipinski definition) is 2. The van der Waals surface area contributed by atoms with Gasteiger partial charge in [0.2, 0.25) is 17.9 Å². The van der Waals surface area contributed by atoms with Gasteiger partial charge < -0.3 is 15.4 Å². The summed E-state index contributed by atoms with van der Waals surface area (Å²) < 4.78 is 82.7. The molecule has 37 heavy (non-hydrogen) atoms. The zero-order valence-electron chi connectivity index (χ0n) is 18.9. The highest BCUT2D eigenvalue weighted by Crippen LogP contribution is 2.36. The van der Waals surface area contributed by atoms with E-state index in [1.807, 2.05) is 0 Å². The topological polar surface area (TPSA) is 85.2 Å². The minimum atomic E-state index is -5.62. The summed E-state index contributed by atoms with van der Waals surface area (Å²) >= 11 is 0. The lowest BCUT2D eigenvalue weighted by atomic mass is 10.1. The van der Waals surface area contributed by atoms with E-state index in [4.69, 9.17) is 0 Å². The third-order valence-electron chi connectivity index (χ3n) is 5.54. The molecule has 3 aromatic rings. The van der Waals surface area contributed by atoms with E-state index in [1.165, 1.54) is 28.9 Å². The molecular formula is C24H20F6N4O3. The lowest BCUT2D eigenvalue weighted by molar-refractivity contribution is -0.324. The van der Waals surface area contributed by atoms with Gasteiger partial charge in [0.15, 0.2) is 5.82 Å². The summed E-state index contributed by atoms with van der Waals surface area (Å²) in [6, 6.07) is 16.0. The highest BCUT2D eigenvalue weighted by Gasteiger charge is 2.57. The summed E-state index contributed by atoms with van der Waals surface area (Å²) in [5.74, 6) is -1.09. The van der Waals surface area contributed by atoms with Crippen LogP contribution < -0.4 is 10.6 Å². The summed E-state index contributed by atoms with van der Waals surface area (Å²) in [5, 5.41) is 9.63. The van der Waals surface area contributed by atoms with Crippen molar-refractivity contribution in [2.24, 2.45) is 5.92 Å². The van der Waals surface area contributed by atoms with E-state index in [9.17, 15) is 35.9 Å². The molecule has 0 aliphatic carbocycles. The maximum Gasteiger partial charge on any atom is 0.423 e. The third kappa shape index (κ3) is 6.28. The number of alkyl halides is 6. The second-order valence-electron chi connectivity index (χ2n) is 8.33. The van der Waals surface area contributed by atoms with Gasteiger partial charge in [-0.15, -0.1) is 5.10 Å². The van der Waals surface area contributed by atoms with Crippen LogP contribution >= 0.6 is 0 Å². The lowest BCUT2D eigenvalue weighted by Crippen LogP contribution is -2.44. The molecular weight excluding hydrogens is 506 g/mol. The van der Waals surface area contributed by atoms with Gasteiger partial charge in [0.1, 0.15) is 0 Å². The fourth-order valence-electron chi connectivity index (χ4n) is 3.81. The first-order valence-corrected chi connectivity index (χ1v) is 11.0. The van der Waals surface area contributed by atoms with Crippen molar-refractivity contribution < 1.29 is 40.7 Å². The molecule has 1 aromatic heterocycles. The summed E-state index contributed by atoms with van der Waals surface area (Å²) in [4.78, 5) is 24.0. The minimum absolute atomic E-state index is 0.0387. The molecule has 0 bridgehead atoms. The summed E-state index contributed by atoms with van der Waals surface area (Å²) in [6.45, 7) is -0.751. The lowest BCUT2D eigenvalue weighted by Gasteiger charge is -2.23. The van der Waals surface area contributed by atoms with E-state index in [2.05, 4.69) is 20.5 Å². The molecule has 1 aliphatic rings. The molecule has 2 heterocycles. The predicted octanol–water partition coefficient (Wildman–Crippen LogP) is 4.62. The summed E-state index contributed by atoms with van der Waals surface area (Å²) in [5.41, 5.74) is 1.47. The molecule has 4 rings (SSSR count). The molecule has 2 aromatic carbocycles. The molecule has 1 fully saturated rings. The van der Waals surface area contributed by atoms with Gasteiger partial charge in [-0.25, -0.2) is 4.68 Å². The van der Waals surface area contributed by atoms with Crippen molar-refractivity contribution in [2.75, 3.05) is 11.9 Å². The first kappa shape index (κ1) is 26.2. The van der Waals surface area contributed by atoms with Crippen LogP contribution in [0.25, 0.3) is 16.9 Å². The van der Waals surface area contributed by atoms with E-state index in [0.29, 0.717) is 16.9 Å². The smallest absolute Gasteiger partial charge is 0.356 e. The Morgan fingerprint density at radius 2 is 1.76 bits per heavy atom. The minimum Gasteiger partial charge on any atom is -0.356 e. The van der Waals surface area contributed by atoms with Crippen LogP contribution in [0, 0.1) is 5.92 Å². The average Bonchev–Trinajstić information content (AvgIpc) is 3.45. The number of hydrogen-bond acceptors (Lipinski definition) is 4. The number of nitrogens with one attached hydrogen (secondary N) is 2. The van der Waals surface area contributed by atoms with Crippen LogP contribution in [0.1, 0.15) is 12.0 Å². The molecule has 0 unspecified atom stereocenters. The fraction of sp³-hybridized carbons (Fsp3) is 0.292. The Morgan fingerprint density at radius 1 is 1.05 bits per heavy atom. The van der Waals surface area contributed by atoms with Crippen molar-refractivity contribution in [1.29, 1.82) is 0 Å². The number of amides is 2. The first-order valence-electron chi connectivity index (χ1n) is 11.0. The largest absolute Gasteiger partial charge is 0.423 e. The molecule has 1 saturated heterocycles. The monoisotopic (exact) mass is 526 g/mol. The number of ether oxygens (including phenoxy) is 1. The van der Waals surface area contributed by atoms with Gasteiger partial charge in [-0.1, -0.05) is 36.4 Å². The second-order valence-corrected chi connectivity index (χ2v) is 8.33. The second kappa shape index (κ2) is 10.2. The number of aromatic nitrogens is 2. The molecule has 7 nitrogen and oxygen atoms in total. The SMILES string of the molecule is O=C1C[C@H](C(=O)Nc2cc(-c3cccc(COC(C(F)(F)F)C(F)(F)F)c3)n(-c3ccccc3)n2)CN1. The third-order valence-corrected chi connectivity index (χ3v) is 5.54. The van der Waals surface area contributed by atoms with Crippen molar-refractivity contribution in [2.45, 2.75) is 31.5 Å². The number of carbonyl (C=O) groups excluding carboxylic acids is 2. The standard InChI is InChI=1S/C24H20F6N4O3/c25-23(26,27)22(24(28,29)30)37-13-14-5-4-6-15(9-14)18-11-19(32-21(36)16-10-20(35)31-12-16)33-34(18)17-7-2-1-3-8-17/h1-9,11,16,22H,10,12-13H2,(H,31,35)(H,32,33,36)/t16-/m0/s1.